The largest absolute Gasteiger partial charge is 0.300 e. The van der Waals surface area contributed by atoms with E-state index in [2.05, 4.69) is 0 Å². The summed E-state index contributed by atoms with van der Waals surface area (Å²) in [4.78, 5) is 11.2. The highest BCUT2D eigenvalue weighted by Crippen LogP contribution is 2.13. The third kappa shape index (κ3) is 4.09. The number of hydrogen-bond acceptors (Lipinski definition) is 1. The lowest BCUT2D eigenvalue weighted by atomic mass is 10.0. The number of aryl methyl sites for hydroxylation is 1. The first-order chi connectivity index (χ1) is 7.63. The first-order valence-corrected chi connectivity index (χ1v) is 5.59. The minimum Gasteiger partial charge on any atom is -0.300 e. The Balaban J connectivity index is 2.40. The molecular formula is C13H16F2O. The molecule has 0 aliphatic heterocycles. The van der Waals surface area contributed by atoms with Crippen molar-refractivity contribution < 1.29 is 13.6 Å². The zero-order valence-electron chi connectivity index (χ0n) is 9.43. The van der Waals surface area contributed by atoms with E-state index in [1.54, 1.807) is 0 Å². The Morgan fingerprint density at radius 2 is 2.00 bits per heavy atom. The fourth-order valence-electron chi connectivity index (χ4n) is 1.60. The van der Waals surface area contributed by atoms with E-state index in [-0.39, 0.29) is 5.78 Å². The predicted molar refractivity (Wildman–Crippen MR) is 59.2 cm³/mol. The second-order valence-corrected chi connectivity index (χ2v) is 3.88. The molecule has 3 heteroatoms. The molecule has 0 heterocycles. The molecule has 1 aromatic carbocycles. The molecule has 1 rings (SSSR count). The maximum absolute atomic E-state index is 13.2. The van der Waals surface area contributed by atoms with Gasteiger partial charge in [-0.15, -0.1) is 0 Å². The molecule has 1 nitrogen and oxygen atoms in total. The molecule has 0 fully saturated rings. The zero-order valence-corrected chi connectivity index (χ0v) is 9.43. The molecule has 0 N–H and O–H groups in total. The summed E-state index contributed by atoms with van der Waals surface area (Å²) in [6.07, 6.45) is 3.03. The molecule has 0 radical (unpaired) electrons. The van der Waals surface area contributed by atoms with Crippen molar-refractivity contribution in [2.45, 2.75) is 39.0 Å². The number of hydrogen-bond donors (Lipinski definition) is 0. The van der Waals surface area contributed by atoms with Gasteiger partial charge in [0.2, 0.25) is 0 Å². The standard InChI is InChI=1S/C13H16F2O/c1-2-4-12(16)6-3-5-10-7-8-11(14)9-13(10)15/h7-9H,2-6H2,1H3. The summed E-state index contributed by atoms with van der Waals surface area (Å²) in [5.41, 5.74) is 0.477. The van der Waals surface area contributed by atoms with Gasteiger partial charge in [0.15, 0.2) is 0 Å². The maximum Gasteiger partial charge on any atom is 0.132 e. The van der Waals surface area contributed by atoms with Gasteiger partial charge < -0.3 is 0 Å². The van der Waals surface area contributed by atoms with Crippen LogP contribution < -0.4 is 0 Å². The molecule has 0 amide bonds. The minimum absolute atomic E-state index is 0.213. The van der Waals surface area contributed by atoms with Crippen LogP contribution in [0, 0.1) is 11.6 Å². The highest BCUT2D eigenvalue weighted by atomic mass is 19.1. The van der Waals surface area contributed by atoms with Gasteiger partial charge in [-0.05, 0) is 30.9 Å². The highest BCUT2D eigenvalue weighted by Gasteiger charge is 2.05. The third-order valence-electron chi connectivity index (χ3n) is 2.45. The quantitative estimate of drug-likeness (QED) is 0.723. The van der Waals surface area contributed by atoms with Crippen LogP contribution in [0.1, 0.15) is 38.2 Å². The molecular weight excluding hydrogens is 210 g/mol. The minimum atomic E-state index is -0.566. The summed E-state index contributed by atoms with van der Waals surface area (Å²) in [7, 11) is 0. The summed E-state index contributed by atoms with van der Waals surface area (Å²) >= 11 is 0. The number of carbonyl (C=O) groups is 1. The molecule has 0 aliphatic rings. The first kappa shape index (κ1) is 12.8. The van der Waals surface area contributed by atoms with Crippen molar-refractivity contribution in [3.63, 3.8) is 0 Å². The fraction of sp³-hybridized carbons (Fsp3) is 0.462. The fourth-order valence-corrected chi connectivity index (χ4v) is 1.60. The number of halogens is 2. The van der Waals surface area contributed by atoms with Crippen LogP contribution in [-0.4, -0.2) is 5.78 Å². The van der Waals surface area contributed by atoms with E-state index >= 15 is 0 Å². The van der Waals surface area contributed by atoms with E-state index in [0.717, 1.165) is 12.5 Å². The second kappa shape index (κ2) is 6.36. The molecule has 16 heavy (non-hydrogen) atoms. The Labute approximate surface area is 94.5 Å². The Bertz CT molecular complexity index is 361. The van der Waals surface area contributed by atoms with Crippen LogP contribution in [0.3, 0.4) is 0 Å². The zero-order chi connectivity index (χ0) is 12.0. The van der Waals surface area contributed by atoms with Gasteiger partial charge in [0.25, 0.3) is 0 Å². The Hall–Kier alpha value is -1.25. The van der Waals surface area contributed by atoms with Crippen LogP contribution in [0.15, 0.2) is 18.2 Å². The van der Waals surface area contributed by atoms with Crippen molar-refractivity contribution >= 4 is 5.78 Å². The summed E-state index contributed by atoms with van der Waals surface area (Å²) in [6, 6.07) is 3.56. The molecule has 88 valence electrons. The van der Waals surface area contributed by atoms with Gasteiger partial charge in [-0.25, -0.2) is 8.78 Å². The molecule has 0 aliphatic carbocycles. The molecule has 0 aromatic heterocycles. The summed E-state index contributed by atoms with van der Waals surface area (Å²) in [5.74, 6) is -0.878. The molecule has 0 atom stereocenters. The van der Waals surface area contributed by atoms with Crippen molar-refractivity contribution in [1.82, 2.24) is 0 Å². The molecule has 0 unspecified atom stereocenters. The van der Waals surface area contributed by atoms with Crippen LogP contribution in [0.2, 0.25) is 0 Å². The van der Waals surface area contributed by atoms with Crippen LogP contribution >= 0.6 is 0 Å². The highest BCUT2D eigenvalue weighted by molar-refractivity contribution is 5.78. The number of benzene rings is 1. The van der Waals surface area contributed by atoms with Gasteiger partial charge in [-0.2, -0.15) is 0 Å². The predicted octanol–water partition coefficient (Wildman–Crippen LogP) is 3.66. The van der Waals surface area contributed by atoms with Gasteiger partial charge in [-0.1, -0.05) is 13.0 Å². The van der Waals surface area contributed by atoms with E-state index in [4.69, 9.17) is 0 Å². The lowest BCUT2D eigenvalue weighted by molar-refractivity contribution is -0.119. The smallest absolute Gasteiger partial charge is 0.132 e. The lowest BCUT2D eigenvalue weighted by Gasteiger charge is -2.02. The number of Topliss-reactive ketones (excluding diaryl/α,β-unsaturated/α-hetero) is 1. The molecule has 1 aromatic rings. The summed E-state index contributed by atoms with van der Waals surface area (Å²) in [6.45, 7) is 1.96. The van der Waals surface area contributed by atoms with E-state index in [9.17, 15) is 13.6 Å². The van der Waals surface area contributed by atoms with Crippen LogP contribution in [-0.2, 0) is 11.2 Å². The number of carbonyl (C=O) groups excluding carboxylic acids is 1. The van der Waals surface area contributed by atoms with E-state index in [1.165, 1.54) is 12.1 Å². The Morgan fingerprint density at radius 3 is 2.62 bits per heavy atom. The van der Waals surface area contributed by atoms with E-state index < -0.39 is 11.6 Å². The van der Waals surface area contributed by atoms with Gasteiger partial charge >= 0.3 is 0 Å². The van der Waals surface area contributed by atoms with Crippen molar-refractivity contribution in [2.24, 2.45) is 0 Å². The first-order valence-electron chi connectivity index (χ1n) is 5.59. The molecule has 0 saturated heterocycles. The molecule has 0 saturated carbocycles. The number of rotatable bonds is 6. The lowest BCUT2D eigenvalue weighted by Crippen LogP contribution is -1.99. The van der Waals surface area contributed by atoms with Crippen LogP contribution in [0.4, 0.5) is 8.78 Å². The van der Waals surface area contributed by atoms with Crippen molar-refractivity contribution in [3.05, 3.63) is 35.4 Å². The van der Waals surface area contributed by atoms with Gasteiger partial charge in [0.1, 0.15) is 17.4 Å². The van der Waals surface area contributed by atoms with Crippen molar-refractivity contribution in [3.8, 4) is 0 Å². The summed E-state index contributed by atoms with van der Waals surface area (Å²) < 4.78 is 25.8. The van der Waals surface area contributed by atoms with Gasteiger partial charge in [0.05, 0.1) is 0 Å². The van der Waals surface area contributed by atoms with Gasteiger partial charge in [0, 0.05) is 18.9 Å². The average Bonchev–Trinajstić information content (AvgIpc) is 2.22. The van der Waals surface area contributed by atoms with E-state index in [0.29, 0.717) is 31.2 Å². The van der Waals surface area contributed by atoms with Gasteiger partial charge in [-0.3, -0.25) is 4.79 Å². The normalized spacial score (nSPS) is 10.4. The maximum atomic E-state index is 13.2. The second-order valence-electron chi connectivity index (χ2n) is 3.88. The molecule has 0 spiro atoms. The topological polar surface area (TPSA) is 17.1 Å². The average molecular weight is 226 g/mol. The monoisotopic (exact) mass is 226 g/mol. The van der Waals surface area contributed by atoms with Crippen LogP contribution in [0.5, 0.6) is 0 Å². The van der Waals surface area contributed by atoms with Crippen molar-refractivity contribution in [2.75, 3.05) is 0 Å². The third-order valence-corrected chi connectivity index (χ3v) is 2.45. The van der Waals surface area contributed by atoms with E-state index in [1.807, 2.05) is 6.92 Å². The molecule has 0 bridgehead atoms. The Morgan fingerprint density at radius 1 is 1.25 bits per heavy atom. The Kier molecular flexibility index (Phi) is 5.09. The van der Waals surface area contributed by atoms with Crippen molar-refractivity contribution in [1.29, 1.82) is 0 Å². The number of ketones is 1. The van der Waals surface area contributed by atoms with Crippen LogP contribution in [0.25, 0.3) is 0 Å². The SMILES string of the molecule is CCCC(=O)CCCc1ccc(F)cc1F. The summed E-state index contributed by atoms with van der Waals surface area (Å²) in [5, 5.41) is 0.